The van der Waals surface area contributed by atoms with E-state index in [1.807, 2.05) is 23.6 Å². The topological polar surface area (TPSA) is 93.5 Å². The Labute approximate surface area is 160 Å². The Kier molecular flexibility index (Phi) is 6.72. The van der Waals surface area contributed by atoms with E-state index in [1.165, 1.54) is 11.3 Å². The average Bonchev–Trinajstić information content (AvgIpc) is 3.39. The van der Waals surface area contributed by atoms with Crippen molar-refractivity contribution in [1.29, 1.82) is 0 Å². The molecule has 0 aliphatic carbocycles. The normalized spacial score (nSPS) is 10.5. The number of hydrogen-bond acceptors (Lipinski definition) is 6. The molecule has 0 spiro atoms. The number of carbonyl (C=O) groups is 2. The molecule has 7 nitrogen and oxygen atoms in total. The molecule has 3 aromatic rings. The molecule has 1 aromatic carbocycles. The highest BCUT2D eigenvalue weighted by Gasteiger charge is 2.13. The van der Waals surface area contributed by atoms with Crippen LogP contribution in [0.3, 0.4) is 0 Å². The molecule has 0 radical (unpaired) electrons. The highest BCUT2D eigenvalue weighted by Crippen LogP contribution is 2.23. The highest BCUT2D eigenvalue weighted by molar-refractivity contribution is 7.13. The van der Waals surface area contributed by atoms with Gasteiger partial charge in [0.05, 0.1) is 6.26 Å². The monoisotopic (exact) mass is 385 g/mol. The van der Waals surface area contributed by atoms with Crippen molar-refractivity contribution < 1.29 is 18.7 Å². The van der Waals surface area contributed by atoms with Crippen molar-refractivity contribution in [2.45, 2.75) is 13.0 Å². The number of nitrogens with zero attached hydrogens (tertiary/aromatic N) is 1. The number of hydrogen-bond donors (Lipinski definition) is 2. The molecule has 0 saturated heterocycles. The Hall–Kier alpha value is -2.97. The molecule has 0 saturated carbocycles. The lowest BCUT2D eigenvalue weighted by Crippen LogP contribution is -2.36. The summed E-state index contributed by atoms with van der Waals surface area (Å²) in [5, 5.41) is 7.94. The van der Waals surface area contributed by atoms with Gasteiger partial charge in [-0.3, -0.25) is 9.59 Å². The quantitative estimate of drug-likeness (QED) is 0.459. The number of thiazole rings is 1. The predicted octanol–water partition coefficient (Wildman–Crippen LogP) is 3.06. The summed E-state index contributed by atoms with van der Waals surface area (Å²) in [7, 11) is 0. The van der Waals surface area contributed by atoms with E-state index in [1.54, 1.807) is 30.7 Å². The lowest BCUT2D eigenvalue weighted by atomic mass is 10.2. The third kappa shape index (κ3) is 5.77. The first-order valence-electron chi connectivity index (χ1n) is 8.41. The zero-order chi connectivity index (χ0) is 18.9. The van der Waals surface area contributed by atoms with Crippen molar-refractivity contribution >= 4 is 28.8 Å². The number of benzene rings is 1. The van der Waals surface area contributed by atoms with Gasteiger partial charge in [0, 0.05) is 36.0 Å². The number of amides is 2. The van der Waals surface area contributed by atoms with Crippen LogP contribution in [0, 0.1) is 0 Å². The third-order valence-corrected chi connectivity index (χ3v) is 4.43. The van der Waals surface area contributed by atoms with Gasteiger partial charge in [0.1, 0.15) is 17.4 Å². The second kappa shape index (κ2) is 9.65. The van der Waals surface area contributed by atoms with Crippen LogP contribution >= 0.6 is 11.3 Å². The first-order chi connectivity index (χ1) is 13.2. The van der Waals surface area contributed by atoms with E-state index >= 15 is 0 Å². The summed E-state index contributed by atoms with van der Waals surface area (Å²) >= 11 is 1.54. The highest BCUT2D eigenvalue weighted by atomic mass is 32.1. The van der Waals surface area contributed by atoms with Crippen molar-refractivity contribution in [3.05, 3.63) is 60.0 Å². The minimum absolute atomic E-state index is 0.355. The Morgan fingerprint density at radius 3 is 2.70 bits per heavy atom. The smallest absolute Gasteiger partial charge is 0.313 e. The molecule has 2 amide bonds. The van der Waals surface area contributed by atoms with Gasteiger partial charge in [-0.25, -0.2) is 4.98 Å². The summed E-state index contributed by atoms with van der Waals surface area (Å²) in [5.41, 5.74) is 1.51. The van der Waals surface area contributed by atoms with E-state index in [4.69, 9.17) is 9.15 Å². The summed E-state index contributed by atoms with van der Waals surface area (Å²) in [5.74, 6) is -0.627. The number of furan rings is 1. The maximum Gasteiger partial charge on any atom is 0.313 e. The summed E-state index contributed by atoms with van der Waals surface area (Å²) < 4.78 is 10.6. The van der Waals surface area contributed by atoms with Crippen LogP contribution in [0.25, 0.3) is 10.6 Å². The molecular formula is C19H19N3O4S. The van der Waals surface area contributed by atoms with Crippen molar-refractivity contribution in [2.24, 2.45) is 0 Å². The lowest BCUT2D eigenvalue weighted by molar-refractivity contribution is -0.136. The molecule has 0 unspecified atom stereocenters. The van der Waals surface area contributed by atoms with Gasteiger partial charge in [0.25, 0.3) is 0 Å². The molecule has 2 aromatic heterocycles. The van der Waals surface area contributed by atoms with Crippen LogP contribution in [-0.2, 0) is 20.9 Å². The van der Waals surface area contributed by atoms with Crippen molar-refractivity contribution in [3.8, 4) is 10.6 Å². The van der Waals surface area contributed by atoms with Crippen LogP contribution in [0.5, 0.6) is 0 Å². The summed E-state index contributed by atoms with van der Waals surface area (Å²) in [6, 6.07) is 10.8. The first-order valence-corrected chi connectivity index (χ1v) is 9.29. The van der Waals surface area contributed by atoms with Gasteiger partial charge in [-0.15, -0.1) is 11.3 Å². The fourth-order valence-corrected chi connectivity index (χ4v) is 2.92. The number of nitrogens with one attached hydrogen (secondary N) is 2. The Bertz CT molecular complexity index is 846. The molecule has 3 rings (SSSR count). The van der Waals surface area contributed by atoms with Crippen molar-refractivity contribution in [2.75, 3.05) is 18.5 Å². The van der Waals surface area contributed by atoms with Crippen molar-refractivity contribution in [1.82, 2.24) is 10.3 Å². The molecule has 140 valence electrons. The SMILES string of the molecule is O=C(NCCCOCc1ccco1)C(=O)Nc1ccc(-c2nccs2)cc1. The van der Waals surface area contributed by atoms with Crippen LogP contribution in [0.15, 0.2) is 58.7 Å². The Morgan fingerprint density at radius 1 is 1.15 bits per heavy atom. The standard InChI is InChI=1S/C19H19N3O4S/c23-17(20-8-2-10-25-13-16-3-1-11-26-16)18(24)22-15-6-4-14(5-7-15)19-21-9-12-27-19/h1,3-7,9,11-12H,2,8,10,13H2,(H,20,23)(H,22,24). The van der Waals surface area contributed by atoms with E-state index in [9.17, 15) is 9.59 Å². The molecule has 0 fully saturated rings. The largest absolute Gasteiger partial charge is 0.467 e. The van der Waals surface area contributed by atoms with Crippen LogP contribution in [0.1, 0.15) is 12.2 Å². The summed E-state index contributed by atoms with van der Waals surface area (Å²) in [4.78, 5) is 28.0. The van der Waals surface area contributed by atoms with Crippen LogP contribution in [-0.4, -0.2) is 29.9 Å². The molecule has 8 heteroatoms. The fourth-order valence-electron chi connectivity index (χ4n) is 2.27. The zero-order valence-electron chi connectivity index (χ0n) is 14.5. The molecule has 0 aliphatic rings. The maximum absolute atomic E-state index is 11.9. The minimum atomic E-state index is -0.700. The Balaban J connectivity index is 1.34. The van der Waals surface area contributed by atoms with E-state index in [0.717, 1.165) is 16.3 Å². The molecule has 0 atom stereocenters. The number of carbonyl (C=O) groups excluding carboxylic acids is 2. The predicted molar refractivity (Wildman–Crippen MR) is 102 cm³/mol. The molecule has 0 aliphatic heterocycles. The zero-order valence-corrected chi connectivity index (χ0v) is 15.3. The van der Waals surface area contributed by atoms with Crippen LogP contribution in [0.2, 0.25) is 0 Å². The van der Waals surface area contributed by atoms with E-state index in [-0.39, 0.29) is 0 Å². The molecular weight excluding hydrogens is 366 g/mol. The number of ether oxygens (including phenoxy) is 1. The third-order valence-electron chi connectivity index (χ3n) is 3.60. The van der Waals surface area contributed by atoms with Crippen LogP contribution in [0.4, 0.5) is 5.69 Å². The Morgan fingerprint density at radius 2 is 2.00 bits per heavy atom. The minimum Gasteiger partial charge on any atom is -0.467 e. The van der Waals surface area contributed by atoms with Crippen molar-refractivity contribution in [3.63, 3.8) is 0 Å². The molecule has 27 heavy (non-hydrogen) atoms. The summed E-state index contributed by atoms with van der Waals surface area (Å²) in [6.45, 7) is 1.20. The van der Waals surface area contributed by atoms with Crippen LogP contribution < -0.4 is 10.6 Å². The second-order valence-electron chi connectivity index (χ2n) is 5.61. The van der Waals surface area contributed by atoms with E-state index in [2.05, 4.69) is 15.6 Å². The number of rotatable bonds is 8. The summed E-state index contributed by atoms with van der Waals surface area (Å²) in [6.07, 6.45) is 3.93. The van der Waals surface area contributed by atoms with Gasteiger partial charge in [-0.2, -0.15) is 0 Å². The molecule has 2 N–H and O–H groups in total. The second-order valence-corrected chi connectivity index (χ2v) is 6.50. The molecule has 2 heterocycles. The fraction of sp³-hybridized carbons (Fsp3) is 0.211. The lowest BCUT2D eigenvalue weighted by Gasteiger charge is -2.07. The van der Waals surface area contributed by atoms with Gasteiger partial charge >= 0.3 is 11.8 Å². The number of aromatic nitrogens is 1. The van der Waals surface area contributed by atoms with Gasteiger partial charge in [0.2, 0.25) is 0 Å². The average molecular weight is 385 g/mol. The number of anilines is 1. The first kappa shape index (κ1) is 18.8. The molecule has 0 bridgehead atoms. The van der Waals surface area contributed by atoms with E-state index < -0.39 is 11.8 Å². The van der Waals surface area contributed by atoms with Gasteiger partial charge in [-0.1, -0.05) is 0 Å². The maximum atomic E-state index is 11.9. The van der Waals surface area contributed by atoms with Gasteiger partial charge < -0.3 is 19.8 Å². The van der Waals surface area contributed by atoms with E-state index in [0.29, 0.717) is 31.9 Å². The van der Waals surface area contributed by atoms with Gasteiger partial charge in [-0.05, 0) is 42.8 Å². The van der Waals surface area contributed by atoms with Gasteiger partial charge in [0.15, 0.2) is 0 Å².